The Kier molecular flexibility index (Phi) is 5.80. The zero-order valence-corrected chi connectivity index (χ0v) is 14.3. The van der Waals surface area contributed by atoms with Crippen molar-refractivity contribution in [1.29, 1.82) is 0 Å². The van der Waals surface area contributed by atoms with E-state index in [4.69, 9.17) is 4.74 Å². The van der Waals surface area contributed by atoms with Gasteiger partial charge in [0, 0.05) is 25.7 Å². The van der Waals surface area contributed by atoms with Gasteiger partial charge in [0.25, 0.3) is 10.2 Å². The molecule has 1 aromatic carbocycles. The van der Waals surface area contributed by atoms with Crippen LogP contribution in [0.3, 0.4) is 0 Å². The Balaban J connectivity index is 2.08. The van der Waals surface area contributed by atoms with Crippen LogP contribution in [0, 0.1) is 0 Å². The summed E-state index contributed by atoms with van der Waals surface area (Å²) in [4.78, 5) is 2.00. The number of nitrogens with zero attached hydrogens (tertiary/aromatic N) is 2. The highest BCUT2D eigenvalue weighted by Gasteiger charge is 2.26. The van der Waals surface area contributed by atoms with Crippen LogP contribution in [0.15, 0.2) is 24.3 Å². The summed E-state index contributed by atoms with van der Waals surface area (Å²) in [6.07, 6.45) is 1.88. The average molecular weight is 327 g/mol. The molecule has 0 amide bonds. The molecule has 1 N–H and O–H groups in total. The van der Waals surface area contributed by atoms with Crippen LogP contribution in [0.2, 0.25) is 0 Å². The number of likely N-dealkylation sites (N-methyl/N-ethyl adjacent to an activating group) is 1. The third-order valence-corrected chi connectivity index (χ3v) is 5.54. The molecule has 22 heavy (non-hydrogen) atoms. The molecule has 1 atom stereocenters. The fraction of sp³-hybridized carbons (Fsp3) is 0.600. The number of nitrogens with one attached hydrogen (secondary N) is 1. The first-order valence-electron chi connectivity index (χ1n) is 7.49. The maximum Gasteiger partial charge on any atom is 0.279 e. The third kappa shape index (κ3) is 4.19. The summed E-state index contributed by atoms with van der Waals surface area (Å²) in [5, 5.41) is 0. The van der Waals surface area contributed by atoms with Gasteiger partial charge in [0.2, 0.25) is 0 Å². The lowest BCUT2D eigenvalue weighted by molar-refractivity contribution is 0.296. The van der Waals surface area contributed by atoms with Gasteiger partial charge in [0.05, 0.1) is 7.11 Å². The first-order valence-corrected chi connectivity index (χ1v) is 8.93. The van der Waals surface area contributed by atoms with Gasteiger partial charge in [-0.3, -0.25) is 0 Å². The number of methoxy groups -OCH3 is 1. The van der Waals surface area contributed by atoms with Gasteiger partial charge in [0.1, 0.15) is 5.75 Å². The number of benzene rings is 1. The molecule has 2 rings (SSSR count). The van der Waals surface area contributed by atoms with Crippen molar-refractivity contribution in [3.05, 3.63) is 29.8 Å². The second kappa shape index (κ2) is 7.41. The Hall–Kier alpha value is -1.15. The fourth-order valence-electron chi connectivity index (χ4n) is 2.65. The topological polar surface area (TPSA) is 61.9 Å². The lowest BCUT2D eigenvalue weighted by Crippen LogP contribution is -2.42. The van der Waals surface area contributed by atoms with Crippen molar-refractivity contribution in [2.24, 2.45) is 0 Å². The predicted molar refractivity (Wildman–Crippen MR) is 87.2 cm³/mol. The summed E-state index contributed by atoms with van der Waals surface area (Å²) < 4.78 is 34.1. The van der Waals surface area contributed by atoms with E-state index in [9.17, 15) is 8.42 Å². The molecule has 6 nitrogen and oxygen atoms in total. The van der Waals surface area contributed by atoms with E-state index in [1.54, 1.807) is 7.11 Å². The van der Waals surface area contributed by atoms with Gasteiger partial charge in [-0.25, -0.2) is 4.72 Å². The maximum atomic E-state index is 12.3. The minimum atomic E-state index is -3.39. The van der Waals surface area contributed by atoms with Gasteiger partial charge in [-0.1, -0.05) is 12.1 Å². The summed E-state index contributed by atoms with van der Waals surface area (Å²) in [7, 11) is 2.12. The first kappa shape index (κ1) is 17.2. The molecule has 0 aliphatic carbocycles. The lowest BCUT2D eigenvalue weighted by atomic mass is 10.1. The summed E-state index contributed by atoms with van der Waals surface area (Å²) in [6.45, 7) is 1.56. The Labute approximate surface area is 133 Å². The molecule has 1 heterocycles. The molecular weight excluding hydrogens is 302 g/mol. The van der Waals surface area contributed by atoms with Crippen LogP contribution >= 0.6 is 0 Å². The highest BCUT2D eigenvalue weighted by atomic mass is 32.2. The Bertz CT molecular complexity index is 583. The molecule has 7 heteroatoms. The standard InChI is InChI=1S/C15H25N3O3S/c1-17(2)15(13-7-6-8-14(11-13)21-3)12-16-22(19,20)18-9-4-5-10-18/h6-8,11,15-16H,4-5,9-10,12H2,1-3H3. The Morgan fingerprint density at radius 1 is 1.32 bits per heavy atom. The van der Waals surface area contributed by atoms with Crippen LogP contribution in [-0.4, -0.2) is 58.5 Å². The summed E-state index contributed by atoms with van der Waals surface area (Å²) in [5.41, 5.74) is 1.02. The largest absolute Gasteiger partial charge is 0.497 e. The molecule has 0 aromatic heterocycles. The van der Waals surface area contributed by atoms with E-state index < -0.39 is 10.2 Å². The van der Waals surface area contributed by atoms with Crippen molar-refractivity contribution in [2.75, 3.05) is 40.8 Å². The van der Waals surface area contributed by atoms with Gasteiger partial charge in [0.15, 0.2) is 0 Å². The zero-order valence-electron chi connectivity index (χ0n) is 13.4. The minimum absolute atomic E-state index is 0.0486. The number of ether oxygens (including phenoxy) is 1. The zero-order chi connectivity index (χ0) is 16.2. The smallest absolute Gasteiger partial charge is 0.279 e. The monoisotopic (exact) mass is 327 g/mol. The van der Waals surface area contributed by atoms with Crippen molar-refractivity contribution in [1.82, 2.24) is 13.9 Å². The second-order valence-electron chi connectivity index (χ2n) is 5.72. The van der Waals surface area contributed by atoms with Crippen molar-refractivity contribution in [2.45, 2.75) is 18.9 Å². The van der Waals surface area contributed by atoms with Gasteiger partial charge >= 0.3 is 0 Å². The minimum Gasteiger partial charge on any atom is -0.497 e. The molecule has 0 radical (unpaired) electrons. The quantitative estimate of drug-likeness (QED) is 0.818. The molecule has 0 bridgehead atoms. The highest BCUT2D eigenvalue weighted by molar-refractivity contribution is 7.87. The first-order chi connectivity index (χ1) is 10.4. The van der Waals surface area contributed by atoms with Crippen molar-refractivity contribution in [3.8, 4) is 5.75 Å². The summed E-state index contributed by atoms with van der Waals surface area (Å²) in [5.74, 6) is 0.770. The molecule has 124 valence electrons. The van der Waals surface area contributed by atoms with Crippen molar-refractivity contribution >= 4 is 10.2 Å². The molecular formula is C15H25N3O3S. The van der Waals surface area contributed by atoms with Crippen molar-refractivity contribution < 1.29 is 13.2 Å². The normalized spacial score (nSPS) is 17.8. The Morgan fingerprint density at radius 3 is 2.59 bits per heavy atom. The fourth-order valence-corrected chi connectivity index (χ4v) is 3.94. The van der Waals surface area contributed by atoms with Crippen LogP contribution < -0.4 is 9.46 Å². The lowest BCUT2D eigenvalue weighted by Gasteiger charge is -2.26. The Morgan fingerprint density at radius 2 is 2.00 bits per heavy atom. The van der Waals surface area contributed by atoms with Crippen LogP contribution in [-0.2, 0) is 10.2 Å². The number of rotatable bonds is 7. The van der Waals surface area contributed by atoms with Gasteiger partial charge in [-0.2, -0.15) is 12.7 Å². The van der Waals surface area contributed by atoms with Crippen LogP contribution in [0.25, 0.3) is 0 Å². The highest BCUT2D eigenvalue weighted by Crippen LogP contribution is 2.22. The molecule has 1 aliphatic heterocycles. The molecule has 1 fully saturated rings. The SMILES string of the molecule is COc1cccc(C(CNS(=O)(=O)N2CCCC2)N(C)C)c1. The van der Waals surface area contributed by atoms with Gasteiger partial charge < -0.3 is 9.64 Å². The van der Waals surface area contributed by atoms with E-state index in [-0.39, 0.29) is 6.04 Å². The molecule has 0 spiro atoms. The third-order valence-electron chi connectivity index (χ3n) is 3.97. The summed E-state index contributed by atoms with van der Waals surface area (Å²) >= 11 is 0. The number of hydrogen-bond acceptors (Lipinski definition) is 4. The molecule has 0 saturated carbocycles. The van der Waals surface area contributed by atoms with Gasteiger partial charge in [-0.05, 0) is 44.6 Å². The van der Waals surface area contributed by atoms with E-state index in [2.05, 4.69) is 4.72 Å². The second-order valence-corrected chi connectivity index (χ2v) is 7.47. The van der Waals surface area contributed by atoms with E-state index in [1.807, 2.05) is 43.3 Å². The van der Waals surface area contributed by atoms with Gasteiger partial charge in [-0.15, -0.1) is 0 Å². The average Bonchev–Trinajstić information content (AvgIpc) is 3.02. The molecule has 1 saturated heterocycles. The summed E-state index contributed by atoms with van der Waals surface area (Å²) in [6, 6.07) is 7.67. The van der Waals surface area contributed by atoms with E-state index in [0.29, 0.717) is 19.6 Å². The van der Waals surface area contributed by atoms with Crippen LogP contribution in [0.5, 0.6) is 5.75 Å². The van der Waals surface area contributed by atoms with Crippen LogP contribution in [0.1, 0.15) is 24.4 Å². The van der Waals surface area contributed by atoms with Crippen LogP contribution in [0.4, 0.5) is 0 Å². The number of hydrogen-bond donors (Lipinski definition) is 1. The maximum absolute atomic E-state index is 12.3. The molecule has 1 aromatic rings. The molecule has 1 unspecified atom stereocenters. The van der Waals surface area contributed by atoms with E-state index in [1.165, 1.54) is 4.31 Å². The predicted octanol–water partition coefficient (Wildman–Crippen LogP) is 1.23. The van der Waals surface area contributed by atoms with E-state index in [0.717, 1.165) is 24.2 Å². The van der Waals surface area contributed by atoms with Crippen molar-refractivity contribution in [3.63, 3.8) is 0 Å². The molecule has 1 aliphatic rings. The van der Waals surface area contributed by atoms with E-state index >= 15 is 0 Å².